The summed E-state index contributed by atoms with van der Waals surface area (Å²) in [6.07, 6.45) is 0.463. The van der Waals surface area contributed by atoms with Crippen LogP contribution < -0.4 is 10.0 Å². The Morgan fingerprint density at radius 2 is 2.28 bits per heavy atom. The van der Waals surface area contributed by atoms with Crippen LogP contribution in [0.1, 0.15) is 12.1 Å². The fourth-order valence-electron chi connectivity index (χ4n) is 1.89. The summed E-state index contributed by atoms with van der Waals surface area (Å²) in [7, 11) is -3.53. The molecule has 0 unspecified atom stereocenters. The van der Waals surface area contributed by atoms with Crippen LogP contribution in [0.4, 0.5) is 5.82 Å². The second kappa shape index (κ2) is 4.72. The van der Waals surface area contributed by atoms with Crippen molar-refractivity contribution in [1.82, 2.24) is 4.98 Å². The quantitative estimate of drug-likeness (QED) is 0.852. The van der Waals surface area contributed by atoms with Gasteiger partial charge in [-0.15, -0.1) is 0 Å². The Balaban J connectivity index is 2.23. The highest BCUT2D eigenvalue weighted by Gasteiger charge is 2.31. The topological polar surface area (TPSA) is 100 Å². The number of anilines is 1. The van der Waals surface area contributed by atoms with E-state index in [1.54, 1.807) is 17.0 Å². The molecule has 6 nitrogen and oxygen atoms in total. The molecule has 1 aromatic heterocycles. The van der Waals surface area contributed by atoms with Crippen molar-refractivity contribution in [1.29, 1.82) is 5.26 Å². The van der Waals surface area contributed by atoms with Crippen molar-refractivity contribution < 1.29 is 8.42 Å². The summed E-state index contributed by atoms with van der Waals surface area (Å²) in [5.74, 6) is 0.544. The van der Waals surface area contributed by atoms with E-state index in [2.05, 4.69) is 4.98 Å². The fourth-order valence-corrected chi connectivity index (χ4v) is 2.86. The Morgan fingerprint density at radius 1 is 1.56 bits per heavy atom. The van der Waals surface area contributed by atoms with E-state index >= 15 is 0 Å². The van der Waals surface area contributed by atoms with Gasteiger partial charge in [-0.05, 0) is 18.6 Å². The van der Waals surface area contributed by atoms with Crippen molar-refractivity contribution in [3.05, 3.63) is 22.8 Å². The second-order valence-corrected chi connectivity index (χ2v) is 6.31. The largest absolute Gasteiger partial charge is 0.355 e. The normalized spacial score (nSPS) is 19.8. The number of pyridine rings is 1. The summed E-state index contributed by atoms with van der Waals surface area (Å²) in [5, 5.41) is 13.6. The molecule has 1 fully saturated rings. The number of sulfonamides is 1. The van der Waals surface area contributed by atoms with Crippen molar-refractivity contribution in [3.63, 3.8) is 0 Å². The average molecular weight is 287 g/mol. The van der Waals surface area contributed by atoms with Gasteiger partial charge in [0.2, 0.25) is 10.0 Å². The molecule has 1 atom stereocenters. The summed E-state index contributed by atoms with van der Waals surface area (Å²) in [4.78, 5) is 5.87. The van der Waals surface area contributed by atoms with Crippen LogP contribution in [0, 0.1) is 11.3 Å². The van der Waals surface area contributed by atoms with E-state index in [1.165, 1.54) is 0 Å². The maximum absolute atomic E-state index is 11.2. The van der Waals surface area contributed by atoms with E-state index in [-0.39, 0.29) is 10.7 Å². The van der Waals surface area contributed by atoms with Crippen molar-refractivity contribution in [3.8, 4) is 6.07 Å². The molecule has 1 saturated heterocycles. The van der Waals surface area contributed by atoms with Gasteiger partial charge in [0.25, 0.3) is 0 Å². The number of aromatic nitrogens is 1. The Labute approximate surface area is 110 Å². The first-order valence-electron chi connectivity index (χ1n) is 5.25. The zero-order chi connectivity index (χ0) is 13.3. The molecule has 1 aliphatic rings. The number of halogens is 1. The van der Waals surface area contributed by atoms with Gasteiger partial charge < -0.3 is 4.90 Å². The average Bonchev–Trinajstić information content (AvgIpc) is 2.78. The number of nitrogens with zero attached hydrogens (tertiary/aromatic N) is 3. The number of primary sulfonamides is 1. The van der Waals surface area contributed by atoms with Gasteiger partial charge in [0.05, 0.1) is 10.3 Å². The highest BCUT2D eigenvalue weighted by Crippen LogP contribution is 2.23. The molecule has 2 N–H and O–H groups in total. The molecule has 0 radical (unpaired) electrons. The predicted octanol–water partition coefficient (Wildman–Crippen LogP) is 0.474. The van der Waals surface area contributed by atoms with Crippen LogP contribution in [0.3, 0.4) is 0 Å². The van der Waals surface area contributed by atoms with Crippen molar-refractivity contribution >= 4 is 27.4 Å². The van der Waals surface area contributed by atoms with Crippen LogP contribution in [0.2, 0.25) is 5.02 Å². The summed E-state index contributed by atoms with van der Waals surface area (Å²) < 4.78 is 22.5. The van der Waals surface area contributed by atoms with E-state index < -0.39 is 15.3 Å². The van der Waals surface area contributed by atoms with E-state index in [4.69, 9.17) is 22.0 Å². The standard InChI is InChI=1S/C10H11ClN4O2S/c11-8-1-2-10(14-9(8)5-12)15-4-3-7(6-15)18(13,16)17/h1-2,7H,3-4,6H2,(H2,13,16,17)/t7-/m0/s1. The number of hydrogen-bond donors (Lipinski definition) is 1. The van der Waals surface area contributed by atoms with Crippen LogP contribution >= 0.6 is 11.6 Å². The van der Waals surface area contributed by atoms with Crippen molar-refractivity contribution in [2.45, 2.75) is 11.7 Å². The molecule has 0 amide bonds. The van der Waals surface area contributed by atoms with Gasteiger partial charge in [-0.25, -0.2) is 18.5 Å². The molecular weight excluding hydrogens is 276 g/mol. The maximum Gasteiger partial charge on any atom is 0.213 e. The summed E-state index contributed by atoms with van der Waals surface area (Å²) >= 11 is 5.78. The van der Waals surface area contributed by atoms with Crippen LogP contribution in [-0.2, 0) is 10.0 Å². The van der Waals surface area contributed by atoms with Gasteiger partial charge in [0.15, 0.2) is 5.69 Å². The summed E-state index contributed by atoms with van der Waals surface area (Å²) in [5.41, 5.74) is 0.133. The number of rotatable bonds is 2. The fraction of sp³-hybridized carbons (Fsp3) is 0.400. The van der Waals surface area contributed by atoms with Crippen molar-refractivity contribution in [2.75, 3.05) is 18.0 Å². The third kappa shape index (κ3) is 2.56. The van der Waals surface area contributed by atoms with Crippen LogP contribution in [-0.4, -0.2) is 31.7 Å². The Morgan fingerprint density at radius 3 is 2.83 bits per heavy atom. The molecule has 2 heterocycles. The molecule has 0 bridgehead atoms. The molecule has 0 aromatic carbocycles. The predicted molar refractivity (Wildman–Crippen MR) is 67.7 cm³/mol. The lowest BCUT2D eigenvalue weighted by molar-refractivity contribution is 0.585. The minimum absolute atomic E-state index is 0.133. The lowest BCUT2D eigenvalue weighted by atomic mass is 10.3. The van der Waals surface area contributed by atoms with Gasteiger partial charge in [0, 0.05) is 13.1 Å². The van der Waals surface area contributed by atoms with Gasteiger partial charge in [-0.3, -0.25) is 0 Å². The van der Waals surface area contributed by atoms with E-state index in [1.807, 2.05) is 6.07 Å². The van der Waals surface area contributed by atoms with Crippen LogP contribution in [0.5, 0.6) is 0 Å². The Kier molecular flexibility index (Phi) is 3.43. The first-order chi connectivity index (χ1) is 8.41. The Hall–Kier alpha value is -1.36. The molecule has 1 aromatic rings. The summed E-state index contributed by atoms with van der Waals surface area (Å²) in [6.45, 7) is 0.832. The molecule has 96 valence electrons. The number of hydrogen-bond acceptors (Lipinski definition) is 5. The third-order valence-electron chi connectivity index (χ3n) is 2.87. The molecule has 2 rings (SSSR count). The maximum atomic E-state index is 11.2. The zero-order valence-electron chi connectivity index (χ0n) is 9.38. The zero-order valence-corrected chi connectivity index (χ0v) is 10.9. The number of nitriles is 1. The molecule has 0 aliphatic carbocycles. The van der Waals surface area contributed by atoms with Crippen LogP contribution in [0.15, 0.2) is 12.1 Å². The summed E-state index contributed by atoms with van der Waals surface area (Å²) in [6, 6.07) is 5.13. The first kappa shape index (κ1) is 13.1. The van der Waals surface area contributed by atoms with Crippen molar-refractivity contribution in [2.24, 2.45) is 5.14 Å². The lowest BCUT2D eigenvalue weighted by Gasteiger charge is -2.17. The Bertz CT molecular complexity index is 611. The molecular formula is C10H11ClN4O2S. The minimum Gasteiger partial charge on any atom is -0.355 e. The highest BCUT2D eigenvalue weighted by atomic mass is 35.5. The van der Waals surface area contributed by atoms with Gasteiger partial charge >= 0.3 is 0 Å². The van der Waals surface area contributed by atoms with E-state index in [0.717, 1.165) is 0 Å². The van der Waals surface area contributed by atoms with E-state index in [9.17, 15) is 8.42 Å². The molecule has 1 aliphatic heterocycles. The number of nitrogens with two attached hydrogens (primary N) is 1. The highest BCUT2D eigenvalue weighted by molar-refractivity contribution is 7.89. The molecule has 0 saturated carbocycles. The van der Waals surface area contributed by atoms with Gasteiger partial charge in [0.1, 0.15) is 11.9 Å². The minimum atomic E-state index is -3.53. The third-order valence-corrected chi connectivity index (χ3v) is 4.49. The van der Waals surface area contributed by atoms with Crippen LogP contribution in [0.25, 0.3) is 0 Å². The monoisotopic (exact) mass is 286 g/mol. The molecule has 0 spiro atoms. The molecule has 8 heteroatoms. The smallest absolute Gasteiger partial charge is 0.213 e. The van der Waals surface area contributed by atoms with Gasteiger partial charge in [-0.2, -0.15) is 5.26 Å². The van der Waals surface area contributed by atoms with Gasteiger partial charge in [-0.1, -0.05) is 11.6 Å². The SMILES string of the molecule is N#Cc1nc(N2CC[C@H](S(N)(=O)=O)C2)ccc1Cl. The second-order valence-electron chi connectivity index (χ2n) is 4.06. The van der Waals surface area contributed by atoms with E-state index in [0.29, 0.717) is 25.3 Å². The first-order valence-corrected chi connectivity index (χ1v) is 7.24. The molecule has 18 heavy (non-hydrogen) atoms. The lowest BCUT2D eigenvalue weighted by Crippen LogP contribution is -2.32.